The Balaban J connectivity index is 1.81. The predicted octanol–water partition coefficient (Wildman–Crippen LogP) is 3.14. The highest BCUT2D eigenvalue weighted by atomic mass is 32.1. The minimum atomic E-state index is 0.337. The van der Waals surface area contributed by atoms with Crippen LogP contribution in [-0.4, -0.2) is 20.6 Å². The lowest BCUT2D eigenvalue weighted by Crippen LogP contribution is -2.19. The zero-order chi connectivity index (χ0) is 13.2. The van der Waals surface area contributed by atoms with Gasteiger partial charge < -0.3 is 5.32 Å². The lowest BCUT2D eigenvalue weighted by molar-refractivity contribution is 0.785. The maximum Gasteiger partial charge on any atom is 0.152 e. The van der Waals surface area contributed by atoms with Gasteiger partial charge in [0.05, 0.1) is 5.69 Å². The average Bonchev–Trinajstić information content (AvgIpc) is 2.97. The first kappa shape index (κ1) is 12.2. The van der Waals surface area contributed by atoms with E-state index in [0.717, 1.165) is 23.4 Å². The van der Waals surface area contributed by atoms with Crippen LogP contribution in [0.3, 0.4) is 0 Å². The third kappa shape index (κ3) is 2.61. The largest absolute Gasteiger partial charge is 0.365 e. The van der Waals surface area contributed by atoms with E-state index in [1.165, 1.54) is 5.56 Å². The second-order valence-corrected chi connectivity index (χ2v) is 5.55. The highest BCUT2D eigenvalue weighted by molar-refractivity contribution is 7.07. The Morgan fingerprint density at radius 2 is 2.37 bits per heavy atom. The van der Waals surface area contributed by atoms with Crippen molar-refractivity contribution < 1.29 is 0 Å². The van der Waals surface area contributed by atoms with Crippen molar-refractivity contribution >= 4 is 22.7 Å². The molecule has 1 atom stereocenters. The summed E-state index contributed by atoms with van der Waals surface area (Å²) >= 11 is 1.74. The smallest absolute Gasteiger partial charge is 0.152 e. The third-order valence-corrected chi connectivity index (χ3v) is 3.75. The van der Waals surface area contributed by atoms with Gasteiger partial charge in [0.2, 0.25) is 0 Å². The predicted molar refractivity (Wildman–Crippen MR) is 78.8 cm³/mol. The van der Waals surface area contributed by atoms with Crippen LogP contribution in [0.25, 0.3) is 5.52 Å². The second-order valence-electron chi connectivity index (χ2n) is 4.77. The van der Waals surface area contributed by atoms with Crippen molar-refractivity contribution in [2.75, 3.05) is 5.32 Å². The maximum atomic E-state index is 4.42. The molecule has 0 aliphatic carbocycles. The number of fused-ring (bicyclic) bond motifs is 1. The van der Waals surface area contributed by atoms with Crippen molar-refractivity contribution in [1.82, 2.24) is 14.6 Å². The summed E-state index contributed by atoms with van der Waals surface area (Å²) in [5, 5.41) is 12.2. The molecule has 3 rings (SSSR count). The van der Waals surface area contributed by atoms with Crippen molar-refractivity contribution in [3.63, 3.8) is 0 Å². The van der Waals surface area contributed by atoms with Crippen molar-refractivity contribution in [2.24, 2.45) is 0 Å². The van der Waals surface area contributed by atoms with E-state index >= 15 is 0 Å². The number of hydrogen-bond acceptors (Lipinski definition) is 4. The molecule has 0 spiro atoms. The van der Waals surface area contributed by atoms with Crippen molar-refractivity contribution in [3.8, 4) is 0 Å². The quantitative estimate of drug-likeness (QED) is 0.793. The number of hydrogen-bond donors (Lipinski definition) is 1. The minimum Gasteiger partial charge on any atom is -0.365 e. The van der Waals surface area contributed by atoms with Crippen LogP contribution in [0.15, 0.2) is 35.3 Å². The van der Waals surface area contributed by atoms with E-state index in [1.807, 2.05) is 23.7 Å². The topological polar surface area (TPSA) is 42.2 Å². The number of nitrogens with one attached hydrogen (secondary N) is 1. The Morgan fingerprint density at radius 1 is 1.47 bits per heavy atom. The summed E-state index contributed by atoms with van der Waals surface area (Å²) < 4.78 is 1.86. The van der Waals surface area contributed by atoms with Gasteiger partial charge in [0.15, 0.2) is 5.82 Å². The summed E-state index contributed by atoms with van der Waals surface area (Å²) in [5.41, 5.74) is 3.39. The van der Waals surface area contributed by atoms with Gasteiger partial charge in [-0.3, -0.25) is 0 Å². The van der Waals surface area contributed by atoms with Gasteiger partial charge in [-0.1, -0.05) is 0 Å². The van der Waals surface area contributed by atoms with Crippen LogP contribution in [0.2, 0.25) is 0 Å². The summed E-state index contributed by atoms with van der Waals surface area (Å²) in [6, 6.07) is 4.55. The van der Waals surface area contributed by atoms with E-state index in [2.05, 4.69) is 39.1 Å². The third-order valence-electron chi connectivity index (χ3n) is 3.02. The molecule has 3 aromatic rings. The van der Waals surface area contributed by atoms with Crippen LogP contribution in [0.1, 0.15) is 18.2 Å². The second kappa shape index (κ2) is 5.01. The molecule has 0 aromatic carbocycles. The Bertz CT molecular complexity index is 672. The molecule has 3 heterocycles. The zero-order valence-corrected chi connectivity index (χ0v) is 11.8. The van der Waals surface area contributed by atoms with Gasteiger partial charge in [0.25, 0.3) is 0 Å². The lowest BCUT2D eigenvalue weighted by Gasteiger charge is -2.14. The van der Waals surface area contributed by atoms with Crippen LogP contribution in [-0.2, 0) is 6.42 Å². The number of nitrogens with zero attached hydrogens (tertiary/aromatic N) is 3. The molecule has 19 heavy (non-hydrogen) atoms. The van der Waals surface area contributed by atoms with E-state index in [4.69, 9.17) is 0 Å². The summed E-state index contributed by atoms with van der Waals surface area (Å²) in [7, 11) is 0. The molecule has 0 amide bonds. The highest BCUT2D eigenvalue weighted by Gasteiger charge is 2.09. The average molecular weight is 272 g/mol. The van der Waals surface area contributed by atoms with Gasteiger partial charge in [-0.05, 0) is 48.7 Å². The van der Waals surface area contributed by atoms with Gasteiger partial charge in [-0.25, -0.2) is 9.50 Å². The monoisotopic (exact) mass is 272 g/mol. The van der Waals surface area contributed by atoms with Crippen LogP contribution >= 0.6 is 11.3 Å². The normalized spacial score (nSPS) is 12.7. The standard InChI is InChI=1S/C14H16N4S/c1-10(7-12-3-6-19-9-12)16-14-13-8-11(2)17-18(13)5-4-15-14/h3-6,8-10H,7H2,1-2H3,(H,15,16). The summed E-state index contributed by atoms with van der Waals surface area (Å²) in [5.74, 6) is 0.894. The fourth-order valence-electron chi connectivity index (χ4n) is 2.20. The van der Waals surface area contributed by atoms with Crippen molar-refractivity contribution in [2.45, 2.75) is 26.3 Å². The van der Waals surface area contributed by atoms with E-state index in [-0.39, 0.29) is 0 Å². The van der Waals surface area contributed by atoms with Crippen LogP contribution in [0.5, 0.6) is 0 Å². The van der Waals surface area contributed by atoms with Gasteiger partial charge in [0.1, 0.15) is 5.52 Å². The molecular weight excluding hydrogens is 256 g/mol. The molecule has 5 heteroatoms. The fraction of sp³-hybridized carbons (Fsp3) is 0.286. The van der Waals surface area contributed by atoms with E-state index < -0.39 is 0 Å². The SMILES string of the molecule is Cc1cc2c(NC(C)Cc3ccsc3)nccn2n1. The van der Waals surface area contributed by atoms with Crippen LogP contribution < -0.4 is 5.32 Å². The molecule has 0 saturated heterocycles. The molecule has 98 valence electrons. The number of anilines is 1. The Kier molecular flexibility index (Phi) is 3.21. The molecular formula is C14H16N4S. The van der Waals surface area contributed by atoms with Gasteiger partial charge in [-0.2, -0.15) is 16.4 Å². The molecule has 3 aromatic heterocycles. The first-order chi connectivity index (χ1) is 9.22. The first-order valence-electron chi connectivity index (χ1n) is 6.31. The Hall–Kier alpha value is -1.88. The molecule has 1 N–H and O–H groups in total. The molecule has 0 radical (unpaired) electrons. The Morgan fingerprint density at radius 3 is 3.16 bits per heavy atom. The van der Waals surface area contributed by atoms with Gasteiger partial charge in [0, 0.05) is 18.4 Å². The highest BCUT2D eigenvalue weighted by Crippen LogP contribution is 2.17. The van der Waals surface area contributed by atoms with Gasteiger partial charge in [-0.15, -0.1) is 0 Å². The molecule has 0 aliphatic rings. The molecule has 0 aliphatic heterocycles. The van der Waals surface area contributed by atoms with Crippen molar-refractivity contribution in [1.29, 1.82) is 0 Å². The fourth-order valence-corrected chi connectivity index (χ4v) is 2.88. The number of rotatable bonds is 4. The Labute approximate surface area is 116 Å². The molecule has 1 unspecified atom stereocenters. The number of aromatic nitrogens is 3. The molecule has 4 nitrogen and oxygen atoms in total. The maximum absolute atomic E-state index is 4.42. The van der Waals surface area contributed by atoms with Gasteiger partial charge >= 0.3 is 0 Å². The number of aryl methyl sites for hydroxylation is 1. The summed E-state index contributed by atoms with van der Waals surface area (Å²) in [4.78, 5) is 4.42. The molecule has 0 bridgehead atoms. The van der Waals surface area contributed by atoms with E-state index in [9.17, 15) is 0 Å². The first-order valence-corrected chi connectivity index (χ1v) is 7.25. The van der Waals surface area contributed by atoms with E-state index in [0.29, 0.717) is 6.04 Å². The molecule has 0 saturated carbocycles. The summed E-state index contributed by atoms with van der Waals surface area (Å²) in [6.45, 7) is 4.16. The lowest BCUT2D eigenvalue weighted by atomic mass is 10.1. The van der Waals surface area contributed by atoms with E-state index in [1.54, 1.807) is 17.5 Å². The number of thiophene rings is 1. The minimum absolute atomic E-state index is 0.337. The summed E-state index contributed by atoms with van der Waals surface area (Å²) in [6.07, 6.45) is 4.65. The van der Waals surface area contributed by atoms with Crippen LogP contribution in [0, 0.1) is 6.92 Å². The molecule has 0 fully saturated rings. The van der Waals surface area contributed by atoms with Crippen molar-refractivity contribution in [3.05, 3.63) is 46.5 Å². The zero-order valence-electron chi connectivity index (χ0n) is 11.0. The van der Waals surface area contributed by atoms with Crippen LogP contribution in [0.4, 0.5) is 5.82 Å².